The molecule has 4 aliphatic rings. The highest BCUT2D eigenvalue weighted by Gasteiger charge is 2.53. The zero-order chi connectivity index (χ0) is 31.9. The van der Waals surface area contributed by atoms with Crippen LogP contribution in [-0.4, -0.2) is 83.9 Å². The lowest BCUT2D eigenvalue weighted by Crippen LogP contribution is -2.57. The predicted octanol–water partition coefficient (Wildman–Crippen LogP) is 3.30. The van der Waals surface area contributed by atoms with Gasteiger partial charge in [0.2, 0.25) is 11.9 Å². The molecule has 13 nitrogen and oxygen atoms in total. The molecule has 0 bridgehead atoms. The Kier molecular flexibility index (Phi) is 8.27. The second-order valence-corrected chi connectivity index (χ2v) is 15.0. The first-order chi connectivity index (χ1) is 22.3. The minimum absolute atomic E-state index is 0.0759. The van der Waals surface area contributed by atoms with E-state index in [0.717, 1.165) is 62.6 Å². The number of nitrogens with zero attached hydrogens (tertiary/aromatic N) is 9. The first-order valence-corrected chi connectivity index (χ1v) is 17.4. The van der Waals surface area contributed by atoms with E-state index in [1.807, 2.05) is 35.7 Å². The number of nitriles is 2. The molecule has 3 aliphatic heterocycles. The first kappa shape index (κ1) is 30.7. The third-order valence-electron chi connectivity index (χ3n) is 9.46. The van der Waals surface area contributed by atoms with E-state index >= 15 is 0 Å². The van der Waals surface area contributed by atoms with E-state index in [9.17, 15) is 10.5 Å². The Balaban J connectivity index is 1.18. The molecule has 3 aromatic rings. The van der Waals surface area contributed by atoms with Gasteiger partial charge in [-0.1, -0.05) is 6.07 Å². The molecule has 46 heavy (non-hydrogen) atoms. The fourth-order valence-electron chi connectivity index (χ4n) is 6.66. The summed E-state index contributed by atoms with van der Waals surface area (Å²) < 4.78 is 11.7. The molecule has 3 fully saturated rings. The summed E-state index contributed by atoms with van der Waals surface area (Å²) in [6.07, 6.45) is 4.13. The van der Waals surface area contributed by atoms with Crippen LogP contribution in [0.1, 0.15) is 53.8 Å². The fraction of sp³-hybridized carbons (Fsp3) is 0.548. The van der Waals surface area contributed by atoms with Crippen molar-refractivity contribution in [3.05, 3.63) is 39.9 Å². The van der Waals surface area contributed by atoms with E-state index in [1.165, 1.54) is 16.2 Å². The number of aromatic nitrogens is 4. The number of morpholine rings is 1. The number of thioether (sulfide) groups is 1. The van der Waals surface area contributed by atoms with E-state index in [1.54, 1.807) is 6.20 Å². The molecule has 7 rings (SSSR count). The quantitative estimate of drug-likeness (QED) is 0.306. The lowest BCUT2D eigenvalue weighted by Gasteiger charge is -2.47. The van der Waals surface area contributed by atoms with Crippen LogP contribution in [0.5, 0.6) is 6.01 Å². The number of ether oxygens (including phenoxy) is 2. The number of thiophene rings is 1. The number of nitrogen functional groups attached to an aromatic ring is 2. The van der Waals surface area contributed by atoms with E-state index in [2.05, 4.69) is 26.9 Å². The monoisotopic (exact) mass is 659 g/mol. The van der Waals surface area contributed by atoms with Crippen LogP contribution in [0.2, 0.25) is 0 Å². The van der Waals surface area contributed by atoms with Gasteiger partial charge >= 0.3 is 6.01 Å². The predicted molar refractivity (Wildman–Crippen MR) is 178 cm³/mol. The van der Waals surface area contributed by atoms with Crippen LogP contribution in [0.4, 0.5) is 22.7 Å². The van der Waals surface area contributed by atoms with E-state index < -0.39 is 0 Å². The summed E-state index contributed by atoms with van der Waals surface area (Å²) in [5.41, 5.74) is 15.1. The molecule has 0 unspecified atom stereocenters. The van der Waals surface area contributed by atoms with Crippen LogP contribution < -0.4 is 26.0 Å². The van der Waals surface area contributed by atoms with Gasteiger partial charge in [0.05, 0.1) is 48.7 Å². The van der Waals surface area contributed by atoms with Crippen molar-refractivity contribution >= 4 is 45.8 Å². The Bertz CT molecular complexity index is 1690. The molecule has 240 valence electrons. The van der Waals surface area contributed by atoms with Crippen molar-refractivity contribution in [1.82, 2.24) is 24.8 Å². The summed E-state index contributed by atoms with van der Waals surface area (Å²) >= 11 is 3.37. The third kappa shape index (κ3) is 5.77. The molecule has 6 heterocycles. The average Bonchev–Trinajstić information content (AvgIpc) is 3.59. The minimum Gasteiger partial charge on any atom is -0.463 e. The molecule has 1 saturated carbocycles. The molecule has 0 radical (unpaired) electrons. The Morgan fingerprint density at radius 3 is 2.70 bits per heavy atom. The molecule has 1 aliphatic carbocycles. The number of hydrogen-bond donors (Lipinski definition) is 2. The van der Waals surface area contributed by atoms with Crippen molar-refractivity contribution in [3.8, 4) is 18.1 Å². The van der Waals surface area contributed by atoms with Gasteiger partial charge < -0.3 is 30.7 Å². The van der Waals surface area contributed by atoms with Crippen molar-refractivity contribution < 1.29 is 9.47 Å². The highest BCUT2D eigenvalue weighted by molar-refractivity contribution is 8.00. The molecule has 1 atom stereocenters. The largest absolute Gasteiger partial charge is 0.463 e. The fourth-order valence-corrected chi connectivity index (χ4v) is 9.47. The van der Waals surface area contributed by atoms with Crippen molar-refractivity contribution in [1.29, 1.82) is 10.5 Å². The summed E-state index contributed by atoms with van der Waals surface area (Å²) in [4.78, 5) is 26.6. The second-order valence-electron chi connectivity index (χ2n) is 12.5. The summed E-state index contributed by atoms with van der Waals surface area (Å²) in [5.74, 6) is 2.19. The topological polar surface area (TPSA) is 179 Å². The smallest absolute Gasteiger partial charge is 0.323 e. The van der Waals surface area contributed by atoms with Crippen LogP contribution in [-0.2, 0) is 15.2 Å². The maximum absolute atomic E-state index is 9.86. The summed E-state index contributed by atoms with van der Waals surface area (Å²) in [6.45, 7) is 8.56. The van der Waals surface area contributed by atoms with Gasteiger partial charge in [0.1, 0.15) is 16.9 Å². The maximum Gasteiger partial charge on any atom is 0.323 e. The van der Waals surface area contributed by atoms with Gasteiger partial charge in [0.15, 0.2) is 0 Å². The molecular weight excluding hydrogens is 623 g/mol. The first-order valence-electron chi connectivity index (χ1n) is 15.6. The van der Waals surface area contributed by atoms with Crippen LogP contribution >= 0.6 is 23.1 Å². The molecule has 2 saturated heterocycles. The Morgan fingerprint density at radius 1 is 1.17 bits per heavy atom. The number of rotatable bonds is 11. The van der Waals surface area contributed by atoms with Gasteiger partial charge in [-0.05, 0) is 25.8 Å². The van der Waals surface area contributed by atoms with Gasteiger partial charge in [-0.2, -0.15) is 25.5 Å². The zero-order valence-electron chi connectivity index (χ0n) is 25.8. The molecular formula is C31H37N11O2S2. The lowest BCUT2D eigenvalue weighted by atomic mass is 9.88. The van der Waals surface area contributed by atoms with E-state index in [0.29, 0.717) is 54.5 Å². The Labute approximate surface area is 276 Å². The van der Waals surface area contributed by atoms with Crippen molar-refractivity contribution in [2.75, 3.05) is 80.4 Å². The minimum atomic E-state index is -0.260. The van der Waals surface area contributed by atoms with Gasteiger partial charge in [-0.3, -0.25) is 4.90 Å². The Hall–Kier alpha value is -3.89. The molecule has 3 aromatic heterocycles. The maximum atomic E-state index is 9.86. The van der Waals surface area contributed by atoms with Crippen LogP contribution in [0.15, 0.2) is 18.3 Å². The summed E-state index contributed by atoms with van der Waals surface area (Å²) in [6, 6.07) is 8.38. The molecule has 15 heteroatoms. The van der Waals surface area contributed by atoms with E-state index in [-0.39, 0.29) is 28.6 Å². The number of anilines is 4. The van der Waals surface area contributed by atoms with Gasteiger partial charge in [-0.25, -0.2) is 4.98 Å². The molecule has 4 N–H and O–H groups in total. The summed E-state index contributed by atoms with van der Waals surface area (Å²) in [5, 5.41) is 20.0. The highest BCUT2D eigenvalue weighted by atomic mass is 32.2. The van der Waals surface area contributed by atoms with Crippen molar-refractivity contribution in [3.63, 3.8) is 0 Å². The van der Waals surface area contributed by atoms with Crippen molar-refractivity contribution in [2.24, 2.45) is 5.41 Å². The van der Waals surface area contributed by atoms with Crippen LogP contribution in [0, 0.1) is 28.1 Å². The summed E-state index contributed by atoms with van der Waals surface area (Å²) in [7, 11) is 0. The SMILES string of the molecule is C[C@H](c1cccnc1N)N(CCC#N)c1nc(OCC2(CN3CCOCC3)CC2)nc(N2CC3(C2)SCc2sc(N)c(C#N)c23)n1. The van der Waals surface area contributed by atoms with Crippen LogP contribution in [0.3, 0.4) is 0 Å². The van der Waals surface area contributed by atoms with Crippen LogP contribution in [0.25, 0.3) is 0 Å². The normalized spacial score (nSPS) is 19.9. The molecule has 0 amide bonds. The average molecular weight is 660 g/mol. The molecule has 0 aromatic carbocycles. The highest BCUT2D eigenvalue weighted by Crippen LogP contribution is 2.58. The number of nitrogens with two attached hydrogens (primary N) is 2. The van der Waals surface area contributed by atoms with Gasteiger partial charge in [0.25, 0.3) is 0 Å². The van der Waals surface area contributed by atoms with Gasteiger partial charge in [0, 0.05) is 72.6 Å². The zero-order valence-corrected chi connectivity index (χ0v) is 27.4. The van der Waals surface area contributed by atoms with Gasteiger partial charge in [-0.15, -0.1) is 23.1 Å². The standard InChI is InChI=1S/C31H37N11O2S2/c1-20(21-4-2-8-36-25(21)34)42(9-3-7-32)28-37-27(41-17-31(18-41)24-22(14-33)26(35)46-23(24)15-45-31)38-29(39-28)44-19-30(5-6-30)16-40-10-12-43-13-11-40/h2,4,8,20H,3,5-6,9-13,15-19,35H2,1H3,(H2,34,36)/t20-/m1/s1. The van der Waals surface area contributed by atoms with Crippen molar-refractivity contribution in [2.45, 2.75) is 42.7 Å². The van der Waals surface area contributed by atoms with E-state index in [4.69, 9.17) is 35.9 Å². The second kappa shape index (κ2) is 12.4. The molecule has 1 spiro atoms. The number of pyridine rings is 1. The third-order valence-corrected chi connectivity index (χ3v) is 12.1. The number of hydrogen-bond acceptors (Lipinski definition) is 15. The number of fused-ring (bicyclic) bond motifs is 2. The lowest BCUT2D eigenvalue weighted by molar-refractivity contribution is 0.0231. The Morgan fingerprint density at radius 2 is 1.98 bits per heavy atom.